The number of anilines is 1. The molecule has 2 heterocycles. The molecule has 0 unspecified atom stereocenters. The summed E-state index contributed by atoms with van der Waals surface area (Å²) in [6, 6.07) is 10.2. The molecule has 0 saturated carbocycles. The number of H-pyrrole nitrogens is 1. The number of carbonyl (C=O) groups is 1. The summed E-state index contributed by atoms with van der Waals surface area (Å²) in [5, 5.41) is 3.41. The molecule has 4 aromatic rings. The number of hydrogen-bond acceptors (Lipinski definition) is 5. The van der Waals surface area contributed by atoms with Crippen LogP contribution in [0.3, 0.4) is 0 Å². The lowest BCUT2D eigenvalue weighted by molar-refractivity contribution is 0.0575. The van der Waals surface area contributed by atoms with Gasteiger partial charge in [-0.05, 0) is 68.0 Å². The molecule has 0 aliphatic rings. The lowest BCUT2D eigenvalue weighted by Crippen LogP contribution is -2.39. The monoisotopic (exact) mass is 496 g/mol. The summed E-state index contributed by atoms with van der Waals surface area (Å²) in [6.45, 7) is 9.55. The van der Waals surface area contributed by atoms with E-state index in [1.54, 1.807) is 52.1 Å². The molecule has 2 aromatic carbocycles. The minimum absolute atomic E-state index is 0.100. The second-order valence-electron chi connectivity index (χ2n) is 9.83. The van der Waals surface area contributed by atoms with E-state index < -0.39 is 17.5 Å². The Balaban J connectivity index is 1.89. The molecule has 0 aliphatic heterocycles. The maximum absolute atomic E-state index is 15.6. The van der Waals surface area contributed by atoms with Gasteiger partial charge in [0.05, 0.1) is 12.8 Å². The molecule has 35 heavy (non-hydrogen) atoms. The standard InChI is InChI=1S/C27H29FN2O4S/c1-15(2)14-30(26(32)34-27(3,4)5)20-9-7-16(13-18(20)28)22-21(33-6)10-8-19-23(22)17-11-12-35-24(17)25(31)29-19/h7-13,15H,14H2,1-6H3,(H,29,31). The Morgan fingerprint density at radius 3 is 2.54 bits per heavy atom. The first-order valence-electron chi connectivity index (χ1n) is 11.4. The molecule has 0 atom stereocenters. The van der Waals surface area contributed by atoms with Crippen LogP contribution in [-0.2, 0) is 4.74 Å². The third-order valence-corrected chi connectivity index (χ3v) is 6.38. The number of carbonyl (C=O) groups excluding carboxylic acids is 1. The zero-order chi connectivity index (χ0) is 25.5. The number of rotatable bonds is 5. The van der Waals surface area contributed by atoms with Gasteiger partial charge in [-0.2, -0.15) is 0 Å². The van der Waals surface area contributed by atoms with Crippen LogP contribution < -0.4 is 15.2 Å². The minimum Gasteiger partial charge on any atom is -0.496 e. The van der Waals surface area contributed by atoms with Gasteiger partial charge in [0.2, 0.25) is 0 Å². The Morgan fingerprint density at radius 1 is 1.17 bits per heavy atom. The van der Waals surface area contributed by atoms with Crippen LogP contribution in [0.15, 0.2) is 46.6 Å². The number of halogens is 1. The second-order valence-corrected chi connectivity index (χ2v) is 10.8. The van der Waals surface area contributed by atoms with Gasteiger partial charge in [0.25, 0.3) is 5.56 Å². The molecule has 2 aromatic heterocycles. The van der Waals surface area contributed by atoms with Gasteiger partial charge in [-0.15, -0.1) is 11.3 Å². The van der Waals surface area contributed by atoms with Gasteiger partial charge in [-0.25, -0.2) is 9.18 Å². The van der Waals surface area contributed by atoms with Gasteiger partial charge in [0, 0.05) is 28.4 Å². The van der Waals surface area contributed by atoms with Crippen molar-refractivity contribution >= 4 is 44.1 Å². The fourth-order valence-corrected chi connectivity index (χ4v) is 4.92. The molecule has 4 rings (SSSR count). The number of nitrogens with zero attached hydrogens (tertiary/aromatic N) is 1. The quantitative estimate of drug-likeness (QED) is 0.324. The number of hydrogen-bond donors (Lipinski definition) is 1. The van der Waals surface area contributed by atoms with E-state index in [9.17, 15) is 9.59 Å². The van der Waals surface area contributed by atoms with Crippen molar-refractivity contribution in [3.63, 3.8) is 0 Å². The Bertz CT molecular complexity index is 1470. The average Bonchev–Trinajstić information content (AvgIpc) is 3.26. The number of ether oxygens (including phenoxy) is 2. The van der Waals surface area contributed by atoms with Crippen LogP contribution in [0.2, 0.25) is 0 Å². The summed E-state index contributed by atoms with van der Waals surface area (Å²) in [4.78, 5) is 29.7. The third kappa shape index (κ3) is 4.89. The highest BCUT2D eigenvalue weighted by molar-refractivity contribution is 7.17. The van der Waals surface area contributed by atoms with Crippen molar-refractivity contribution in [2.45, 2.75) is 40.2 Å². The Hall–Kier alpha value is -3.39. The van der Waals surface area contributed by atoms with Crippen molar-refractivity contribution in [3.05, 3.63) is 57.9 Å². The molecule has 0 saturated heterocycles. The number of thiophene rings is 1. The highest BCUT2D eigenvalue weighted by Crippen LogP contribution is 2.41. The van der Waals surface area contributed by atoms with Gasteiger partial charge in [0.1, 0.15) is 21.9 Å². The van der Waals surface area contributed by atoms with Crippen LogP contribution >= 0.6 is 11.3 Å². The Labute approximate surface area is 207 Å². The van der Waals surface area contributed by atoms with Crippen molar-refractivity contribution in [2.24, 2.45) is 5.92 Å². The zero-order valence-corrected chi connectivity index (χ0v) is 21.5. The predicted molar refractivity (Wildman–Crippen MR) is 140 cm³/mol. The van der Waals surface area contributed by atoms with E-state index >= 15 is 4.39 Å². The molecule has 0 bridgehead atoms. The number of amides is 1. The minimum atomic E-state index is -0.706. The smallest absolute Gasteiger partial charge is 0.414 e. The van der Waals surface area contributed by atoms with Gasteiger partial charge >= 0.3 is 6.09 Å². The average molecular weight is 497 g/mol. The lowest BCUT2D eigenvalue weighted by atomic mass is 9.96. The molecule has 8 heteroatoms. The number of fused-ring (bicyclic) bond motifs is 3. The van der Waals surface area contributed by atoms with E-state index in [0.717, 1.165) is 10.8 Å². The van der Waals surface area contributed by atoms with Gasteiger partial charge < -0.3 is 14.5 Å². The maximum Gasteiger partial charge on any atom is 0.414 e. The van der Waals surface area contributed by atoms with Crippen LogP contribution in [0.1, 0.15) is 34.6 Å². The van der Waals surface area contributed by atoms with Crippen molar-refractivity contribution in [1.82, 2.24) is 4.98 Å². The maximum atomic E-state index is 15.6. The second kappa shape index (κ2) is 9.34. The number of pyridine rings is 1. The third-order valence-electron chi connectivity index (χ3n) is 5.46. The van der Waals surface area contributed by atoms with Gasteiger partial charge in [-0.1, -0.05) is 19.9 Å². The molecular weight excluding hydrogens is 467 g/mol. The first-order chi connectivity index (χ1) is 16.5. The lowest BCUT2D eigenvalue weighted by Gasteiger charge is -2.29. The van der Waals surface area contributed by atoms with Crippen LogP contribution in [0.25, 0.3) is 32.1 Å². The molecule has 0 radical (unpaired) electrons. The van der Waals surface area contributed by atoms with Crippen molar-refractivity contribution in [2.75, 3.05) is 18.6 Å². The number of benzene rings is 2. The van der Waals surface area contributed by atoms with Crippen LogP contribution in [0, 0.1) is 11.7 Å². The van der Waals surface area contributed by atoms with E-state index in [-0.39, 0.29) is 17.2 Å². The normalized spacial score (nSPS) is 11.9. The fourth-order valence-electron chi connectivity index (χ4n) is 4.12. The first-order valence-corrected chi connectivity index (χ1v) is 12.3. The van der Waals surface area contributed by atoms with E-state index in [0.29, 0.717) is 33.6 Å². The summed E-state index contributed by atoms with van der Waals surface area (Å²) in [7, 11) is 1.55. The molecule has 0 aliphatic carbocycles. The van der Waals surface area contributed by atoms with Crippen molar-refractivity contribution in [3.8, 4) is 16.9 Å². The highest BCUT2D eigenvalue weighted by atomic mass is 32.1. The summed E-state index contributed by atoms with van der Waals surface area (Å²) in [5.41, 5.74) is 1.15. The van der Waals surface area contributed by atoms with Crippen LogP contribution in [0.5, 0.6) is 5.75 Å². The fraction of sp³-hybridized carbons (Fsp3) is 0.333. The number of aromatic amines is 1. The highest BCUT2D eigenvalue weighted by Gasteiger charge is 2.27. The summed E-state index contributed by atoms with van der Waals surface area (Å²) in [6.07, 6.45) is -0.599. The van der Waals surface area contributed by atoms with Crippen LogP contribution in [0.4, 0.5) is 14.9 Å². The van der Waals surface area contributed by atoms with Gasteiger partial charge in [-0.3, -0.25) is 9.69 Å². The molecule has 1 amide bonds. The Kier molecular flexibility index (Phi) is 6.60. The molecule has 6 nitrogen and oxygen atoms in total. The van der Waals surface area contributed by atoms with Crippen molar-refractivity contribution < 1.29 is 18.7 Å². The largest absolute Gasteiger partial charge is 0.496 e. The van der Waals surface area contributed by atoms with Gasteiger partial charge in [0.15, 0.2) is 0 Å². The number of aromatic nitrogens is 1. The molecule has 0 spiro atoms. The van der Waals surface area contributed by atoms with E-state index in [2.05, 4.69) is 4.98 Å². The molecule has 0 fully saturated rings. The number of methoxy groups -OCH3 is 1. The van der Waals surface area contributed by atoms with E-state index in [1.807, 2.05) is 25.3 Å². The Morgan fingerprint density at radius 2 is 1.91 bits per heavy atom. The SMILES string of the molecule is COc1ccc2[nH]c(=O)c3sccc3c2c1-c1ccc(N(CC(C)C)C(=O)OC(C)(C)C)c(F)c1. The van der Waals surface area contributed by atoms with E-state index in [1.165, 1.54) is 22.3 Å². The van der Waals surface area contributed by atoms with Crippen molar-refractivity contribution in [1.29, 1.82) is 0 Å². The summed E-state index contributed by atoms with van der Waals surface area (Å²) in [5.74, 6) is 0.0953. The topological polar surface area (TPSA) is 71.6 Å². The molecule has 184 valence electrons. The number of nitrogens with one attached hydrogen (secondary N) is 1. The van der Waals surface area contributed by atoms with E-state index in [4.69, 9.17) is 9.47 Å². The molecular formula is C27H29FN2O4S. The first kappa shape index (κ1) is 24.7. The predicted octanol–water partition coefficient (Wildman–Crippen LogP) is 6.96. The van der Waals surface area contributed by atoms with Crippen LogP contribution in [-0.4, -0.2) is 30.3 Å². The summed E-state index contributed by atoms with van der Waals surface area (Å²) < 4.78 is 27.4. The molecule has 1 N–H and O–H groups in total. The summed E-state index contributed by atoms with van der Waals surface area (Å²) >= 11 is 1.35. The zero-order valence-electron chi connectivity index (χ0n) is 20.7.